The Kier molecular flexibility index (Phi) is 5.74. The van der Waals surface area contributed by atoms with Gasteiger partial charge in [-0.25, -0.2) is 4.98 Å². The molecule has 0 unspecified atom stereocenters. The summed E-state index contributed by atoms with van der Waals surface area (Å²) in [5, 5.41) is 2.34. The average Bonchev–Trinajstić information content (AvgIpc) is 2.95. The zero-order valence-electron chi connectivity index (χ0n) is 14.9. The lowest BCUT2D eigenvalue weighted by Crippen LogP contribution is -2.25. The molecule has 0 saturated heterocycles. The maximum absolute atomic E-state index is 12.9. The Balaban J connectivity index is 1.61. The van der Waals surface area contributed by atoms with E-state index >= 15 is 0 Å². The summed E-state index contributed by atoms with van der Waals surface area (Å²) < 4.78 is 40.6. The molecule has 1 aromatic heterocycles. The Morgan fingerprint density at radius 1 is 1.25 bits per heavy atom. The highest BCUT2D eigenvalue weighted by Gasteiger charge is 2.33. The molecule has 0 saturated carbocycles. The van der Waals surface area contributed by atoms with Crippen molar-refractivity contribution in [3.05, 3.63) is 70.5 Å². The highest BCUT2D eigenvalue weighted by atomic mass is 35.5. The van der Waals surface area contributed by atoms with Crippen LogP contribution in [0.2, 0.25) is 5.02 Å². The molecule has 3 rings (SSSR count). The summed E-state index contributed by atoms with van der Waals surface area (Å²) in [6.45, 7) is 2.78. The topological polar surface area (TPSA) is 46.9 Å². The Hall–Kier alpha value is -2.80. The van der Waals surface area contributed by atoms with E-state index in [2.05, 4.69) is 10.3 Å². The van der Waals surface area contributed by atoms with Crippen molar-refractivity contribution in [3.63, 3.8) is 0 Å². The summed E-state index contributed by atoms with van der Waals surface area (Å²) >= 11 is 5.58. The molecule has 0 radical (unpaired) electrons. The number of carbonyl (C=O) groups excluding carboxylic acids is 1. The molecule has 3 aromatic rings. The maximum Gasteiger partial charge on any atom is 0.417 e. The van der Waals surface area contributed by atoms with Crippen LogP contribution >= 0.6 is 11.6 Å². The van der Waals surface area contributed by atoms with E-state index in [1.54, 1.807) is 0 Å². The number of carbonyl (C=O) groups is 1. The van der Waals surface area contributed by atoms with Gasteiger partial charge in [0.05, 0.1) is 21.6 Å². The standard InChI is InChI=1S/C20H17ClF3N3O/c1-13-26-17-4-2-3-5-18(17)27(13)11-10-25-19(28)9-7-14-6-8-16(21)15(12-14)20(22,23)24/h2-9,12H,10-11H2,1H3,(H,25,28)/b9-7+. The first kappa shape index (κ1) is 19.9. The van der Waals surface area contributed by atoms with E-state index in [1.165, 1.54) is 18.2 Å². The van der Waals surface area contributed by atoms with Gasteiger partial charge >= 0.3 is 6.18 Å². The van der Waals surface area contributed by atoms with Crippen molar-refractivity contribution in [1.29, 1.82) is 0 Å². The predicted molar refractivity (Wildman–Crippen MR) is 103 cm³/mol. The van der Waals surface area contributed by atoms with E-state index in [1.807, 2.05) is 35.8 Å². The van der Waals surface area contributed by atoms with Crippen molar-refractivity contribution >= 4 is 34.6 Å². The second-order valence-corrected chi connectivity index (χ2v) is 6.57. The fourth-order valence-electron chi connectivity index (χ4n) is 2.86. The lowest BCUT2D eigenvalue weighted by molar-refractivity contribution is -0.137. The number of fused-ring (bicyclic) bond motifs is 1. The normalized spacial score (nSPS) is 12.0. The van der Waals surface area contributed by atoms with Gasteiger partial charge in [-0.15, -0.1) is 0 Å². The highest BCUT2D eigenvalue weighted by molar-refractivity contribution is 6.31. The van der Waals surface area contributed by atoms with E-state index < -0.39 is 17.6 Å². The van der Waals surface area contributed by atoms with Gasteiger partial charge in [-0.3, -0.25) is 4.79 Å². The van der Waals surface area contributed by atoms with Gasteiger partial charge in [-0.1, -0.05) is 29.8 Å². The number of alkyl halides is 3. The van der Waals surface area contributed by atoms with E-state index in [-0.39, 0.29) is 10.6 Å². The zero-order valence-corrected chi connectivity index (χ0v) is 15.7. The van der Waals surface area contributed by atoms with Gasteiger partial charge in [0, 0.05) is 19.2 Å². The molecule has 0 aliphatic heterocycles. The second-order valence-electron chi connectivity index (χ2n) is 6.16. The fraction of sp³-hybridized carbons (Fsp3) is 0.200. The lowest BCUT2D eigenvalue weighted by atomic mass is 10.1. The van der Waals surface area contributed by atoms with Gasteiger partial charge in [-0.05, 0) is 42.8 Å². The van der Waals surface area contributed by atoms with Crippen LogP contribution in [0.15, 0.2) is 48.5 Å². The molecular formula is C20H17ClF3N3O. The predicted octanol–water partition coefficient (Wildman–Crippen LogP) is 4.85. The number of hydrogen-bond acceptors (Lipinski definition) is 2. The van der Waals surface area contributed by atoms with Crippen LogP contribution in [-0.2, 0) is 17.5 Å². The first-order valence-corrected chi connectivity index (χ1v) is 8.88. The molecule has 2 aromatic carbocycles. The number of rotatable bonds is 5. The molecule has 0 aliphatic rings. The molecule has 0 spiro atoms. The van der Waals surface area contributed by atoms with Crippen LogP contribution in [-0.4, -0.2) is 22.0 Å². The Bertz CT molecular complexity index is 1040. The Morgan fingerprint density at radius 2 is 2.00 bits per heavy atom. The zero-order chi connectivity index (χ0) is 20.3. The van der Waals surface area contributed by atoms with Gasteiger partial charge < -0.3 is 9.88 Å². The molecule has 0 aliphatic carbocycles. The van der Waals surface area contributed by atoms with Crippen molar-refractivity contribution in [1.82, 2.24) is 14.9 Å². The van der Waals surface area contributed by atoms with Crippen LogP contribution in [0.5, 0.6) is 0 Å². The summed E-state index contributed by atoms with van der Waals surface area (Å²) in [4.78, 5) is 16.4. The number of benzene rings is 2. The maximum atomic E-state index is 12.9. The lowest BCUT2D eigenvalue weighted by Gasteiger charge is -2.09. The first-order chi connectivity index (χ1) is 13.3. The number of amides is 1. The summed E-state index contributed by atoms with van der Waals surface area (Å²) in [7, 11) is 0. The average molecular weight is 408 g/mol. The molecule has 1 N–H and O–H groups in total. The molecule has 4 nitrogen and oxygen atoms in total. The van der Waals surface area contributed by atoms with Crippen LogP contribution in [0, 0.1) is 6.92 Å². The molecule has 8 heteroatoms. The quantitative estimate of drug-likeness (QED) is 0.615. The van der Waals surface area contributed by atoms with Crippen molar-refractivity contribution in [2.45, 2.75) is 19.6 Å². The van der Waals surface area contributed by atoms with Gasteiger partial charge in [0.15, 0.2) is 0 Å². The van der Waals surface area contributed by atoms with Gasteiger partial charge in [0.25, 0.3) is 0 Å². The van der Waals surface area contributed by atoms with E-state index in [0.717, 1.165) is 29.0 Å². The van der Waals surface area contributed by atoms with Gasteiger partial charge in [0.1, 0.15) is 5.82 Å². The minimum atomic E-state index is -4.55. The van der Waals surface area contributed by atoms with Crippen LogP contribution < -0.4 is 5.32 Å². The summed E-state index contributed by atoms with van der Waals surface area (Å²) in [6, 6.07) is 11.2. The largest absolute Gasteiger partial charge is 0.417 e. The molecule has 0 fully saturated rings. The minimum Gasteiger partial charge on any atom is -0.351 e. The van der Waals surface area contributed by atoms with E-state index in [0.29, 0.717) is 13.1 Å². The Morgan fingerprint density at radius 3 is 2.75 bits per heavy atom. The number of imidazole rings is 1. The van der Waals surface area contributed by atoms with Crippen molar-refractivity contribution in [2.75, 3.05) is 6.54 Å². The number of halogens is 4. The number of para-hydroxylation sites is 2. The summed E-state index contributed by atoms with van der Waals surface area (Å²) in [5.41, 5.74) is 1.17. The Labute approximate surface area is 164 Å². The number of aromatic nitrogens is 2. The van der Waals surface area contributed by atoms with Crippen molar-refractivity contribution in [2.24, 2.45) is 0 Å². The molecule has 0 atom stereocenters. The van der Waals surface area contributed by atoms with Crippen molar-refractivity contribution in [3.8, 4) is 0 Å². The van der Waals surface area contributed by atoms with Crippen LogP contribution in [0.4, 0.5) is 13.2 Å². The van der Waals surface area contributed by atoms with Crippen molar-refractivity contribution < 1.29 is 18.0 Å². The van der Waals surface area contributed by atoms with Crippen LogP contribution in [0.1, 0.15) is 17.0 Å². The monoisotopic (exact) mass is 407 g/mol. The van der Waals surface area contributed by atoms with Crippen LogP contribution in [0.25, 0.3) is 17.1 Å². The smallest absolute Gasteiger partial charge is 0.351 e. The minimum absolute atomic E-state index is 0.239. The number of hydrogen-bond donors (Lipinski definition) is 1. The molecule has 1 amide bonds. The molecule has 0 bridgehead atoms. The summed E-state index contributed by atoms with van der Waals surface area (Å²) in [6.07, 6.45) is -2.03. The number of nitrogens with one attached hydrogen (secondary N) is 1. The van der Waals surface area contributed by atoms with E-state index in [4.69, 9.17) is 11.6 Å². The van der Waals surface area contributed by atoms with Gasteiger partial charge in [0.2, 0.25) is 5.91 Å². The van der Waals surface area contributed by atoms with Gasteiger partial charge in [-0.2, -0.15) is 13.2 Å². The third-order valence-corrected chi connectivity index (χ3v) is 4.53. The highest BCUT2D eigenvalue weighted by Crippen LogP contribution is 2.35. The number of aryl methyl sites for hydroxylation is 1. The summed E-state index contributed by atoms with van der Waals surface area (Å²) in [5.74, 6) is 0.442. The molecule has 1 heterocycles. The van der Waals surface area contributed by atoms with E-state index in [9.17, 15) is 18.0 Å². The van der Waals surface area contributed by atoms with Crippen LogP contribution in [0.3, 0.4) is 0 Å². The molecular weight excluding hydrogens is 391 g/mol. The number of nitrogens with zero attached hydrogens (tertiary/aromatic N) is 2. The molecule has 146 valence electrons. The third-order valence-electron chi connectivity index (χ3n) is 4.20. The second kappa shape index (κ2) is 8.06. The SMILES string of the molecule is Cc1nc2ccccc2n1CCNC(=O)/C=C/c1ccc(Cl)c(C(F)(F)F)c1. The fourth-order valence-corrected chi connectivity index (χ4v) is 3.09. The first-order valence-electron chi connectivity index (χ1n) is 8.50. The third kappa shape index (κ3) is 4.54. The molecule has 28 heavy (non-hydrogen) atoms.